The molecular formula is C14H23N4O14P3. The Labute approximate surface area is 196 Å². The lowest BCUT2D eigenvalue weighted by Crippen LogP contribution is -2.39. The van der Waals surface area contributed by atoms with Crippen molar-refractivity contribution in [2.45, 2.75) is 56.8 Å². The van der Waals surface area contributed by atoms with E-state index >= 15 is 0 Å². The zero-order valence-electron chi connectivity index (χ0n) is 17.8. The Balaban J connectivity index is 1.84. The van der Waals surface area contributed by atoms with E-state index in [0.29, 0.717) is 12.8 Å². The summed E-state index contributed by atoms with van der Waals surface area (Å²) in [6.45, 7) is 1.76. The molecule has 1 aliphatic rings. The van der Waals surface area contributed by atoms with Crippen LogP contribution in [0.4, 0.5) is 0 Å². The van der Waals surface area contributed by atoms with Crippen molar-refractivity contribution >= 4 is 34.6 Å². The van der Waals surface area contributed by atoms with Crippen LogP contribution >= 0.6 is 23.5 Å². The third-order valence-corrected chi connectivity index (χ3v) is 8.65. The third-order valence-electron chi connectivity index (χ3n) is 4.78. The first-order valence-electron chi connectivity index (χ1n) is 9.84. The molecule has 0 spiro atoms. The van der Waals surface area contributed by atoms with Gasteiger partial charge in [-0.15, -0.1) is 0 Å². The van der Waals surface area contributed by atoms with Crippen LogP contribution < -0.4 is 0 Å². The molecule has 0 radical (unpaired) electrons. The van der Waals surface area contributed by atoms with E-state index in [-0.39, 0.29) is 17.6 Å². The number of aliphatic hydroxyl groups excluding tert-OH is 2. The Morgan fingerprint density at radius 2 is 1.74 bits per heavy atom. The molecule has 0 aliphatic carbocycles. The molecule has 0 bridgehead atoms. The molecule has 2 aromatic heterocycles. The molecule has 0 saturated carbocycles. The van der Waals surface area contributed by atoms with Crippen molar-refractivity contribution in [3.05, 3.63) is 12.7 Å². The summed E-state index contributed by atoms with van der Waals surface area (Å²) in [6.07, 6.45) is -4.79. The highest BCUT2D eigenvalue weighted by Crippen LogP contribution is 2.66. The van der Waals surface area contributed by atoms with E-state index in [0.717, 1.165) is 12.7 Å². The summed E-state index contributed by atoms with van der Waals surface area (Å²) in [4.78, 5) is 48.0. The van der Waals surface area contributed by atoms with E-state index in [4.69, 9.17) is 19.0 Å². The topological polar surface area (TPSA) is 273 Å². The predicted octanol–water partition coefficient (Wildman–Crippen LogP) is 0.0532. The van der Waals surface area contributed by atoms with Crippen LogP contribution in [0, 0.1) is 0 Å². The van der Waals surface area contributed by atoms with Gasteiger partial charge in [-0.05, 0) is 6.42 Å². The number of ether oxygens (including phenoxy) is 1. The number of aromatic nitrogens is 4. The van der Waals surface area contributed by atoms with E-state index < -0.39 is 60.0 Å². The first-order valence-corrected chi connectivity index (χ1v) is 14.4. The molecule has 18 nitrogen and oxygen atoms in total. The number of aromatic hydroxyl groups is 1. The first kappa shape index (κ1) is 28.2. The van der Waals surface area contributed by atoms with E-state index in [2.05, 4.69) is 23.6 Å². The number of phosphoric acid groups is 3. The van der Waals surface area contributed by atoms with Crippen LogP contribution in [0.5, 0.6) is 5.88 Å². The number of rotatable bonds is 11. The molecule has 0 aromatic carbocycles. The minimum Gasteiger partial charge on any atom is -0.492 e. The quantitative estimate of drug-likeness (QED) is 0.178. The van der Waals surface area contributed by atoms with Crippen molar-refractivity contribution in [1.29, 1.82) is 0 Å². The molecule has 3 heterocycles. The van der Waals surface area contributed by atoms with Gasteiger partial charge < -0.3 is 39.6 Å². The molecule has 2 aromatic rings. The van der Waals surface area contributed by atoms with Gasteiger partial charge in [-0.2, -0.15) is 13.6 Å². The fourth-order valence-corrected chi connectivity index (χ4v) is 6.63. The van der Waals surface area contributed by atoms with Crippen LogP contribution in [0.1, 0.15) is 32.4 Å². The molecule has 198 valence electrons. The molecule has 1 saturated heterocycles. The smallest absolute Gasteiger partial charge is 0.490 e. The number of fused-ring (bicyclic) bond motifs is 1. The zero-order chi connectivity index (χ0) is 26.2. The Morgan fingerprint density at radius 3 is 2.37 bits per heavy atom. The highest BCUT2D eigenvalue weighted by Gasteiger charge is 2.50. The molecule has 35 heavy (non-hydrogen) atoms. The number of phosphoric ester groups is 1. The fraction of sp³-hybridized carbons (Fsp3) is 0.643. The number of imidazole rings is 1. The minimum atomic E-state index is -5.76. The summed E-state index contributed by atoms with van der Waals surface area (Å²) in [6, 6.07) is 0. The van der Waals surface area contributed by atoms with Crippen LogP contribution in [-0.4, -0.2) is 78.8 Å². The number of hydrogen-bond acceptors (Lipinski definition) is 13. The fourth-order valence-electron chi connectivity index (χ4n) is 3.40. The van der Waals surface area contributed by atoms with Gasteiger partial charge >= 0.3 is 23.5 Å². The molecule has 21 heteroatoms. The first-order chi connectivity index (χ1) is 16.1. The maximum absolute atomic E-state index is 12.3. The van der Waals surface area contributed by atoms with E-state index in [1.165, 1.54) is 4.57 Å². The van der Waals surface area contributed by atoms with Gasteiger partial charge in [-0.25, -0.2) is 23.7 Å². The van der Waals surface area contributed by atoms with Crippen molar-refractivity contribution in [3.8, 4) is 5.88 Å². The highest BCUT2D eigenvalue weighted by atomic mass is 31.3. The molecule has 7 atom stereocenters. The van der Waals surface area contributed by atoms with Crippen molar-refractivity contribution in [3.63, 3.8) is 0 Å². The minimum absolute atomic E-state index is 0.0305. The summed E-state index contributed by atoms with van der Waals surface area (Å²) in [5.74, 6) is -0.452. The summed E-state index contributed by atoms with van der Waals surface area (Å²) >= 11 is 0. The maximum atomic E-state index is 12.3. The average molecular weight is 564 g/mol. The summed E-state index contributed by atoms with van der Waals surface area (Å²) < 4.78 is 54.0. The van der Waals surface area contributed by atoms with Crippen molar-refractivity contribution in [1.82, 2.24) is 19.5 Å². The van der Waals surface area contributed by atoms with Gasteiger partial charge in [0.15, 0.2) is 17.4 Å². The molecular weight excluding hydrogens is 541 g/mol. The van der Waals surface area contributed by atoms with Gasteiger partial charge in [0.2, 0.25) is 5.88 Å². The van der Waals surface area contributed by atoms with E-state index in [9.17, 15) is 38.8 Å². The predicted molar refractivity (Wildman–Crippen MR) is 111 cm³/mol. The van der Waals surface area contributed by atoms with Crippen LogP contribution in [0.3, 0.4) is 0 Å². The molecule has 1 fully saturated rings. The lowest BCUT2D eigenvalue weighted by atomic mass is 10.0. The second-order valence-electron chi connectivity index (χ2n) is 7.37. The Hall–Kier alpha value is -1.36. The van der Waals surface area contributed by atoms with Gasteiger partial charge in [0.05, 0.1) is 12.4 Å². The van der Waals surface area contributed by atoms with E-state index in [1.807, 2.05) is 0 Å². The average Bonchev–Trinajstić information content (AvgIpc) is 3.25. The Morgan fingerprint density at radius 1 is 1.06 bits per heavy atom. The van der Waals surface area contributed by atoms with Gasteiger partial charge in [0.25, 0.3) is 0 Å². The third kappa shape index (κ3) is 6.90. The van der Waals surface area contributed by atoms with E-state index in [1.54, 1.807) is 6.92 Å². The lowest BCUT2D eigenvalue weighted by Gasteiger charge is -2.27. The molecule has 7 N–H and O–H groups in total. The van der Waals surface area contributed by atoms with Crippen LogP contribution in [0.2, 0.25) is 0 Å². The number of aliphatic hydroxyl groups is 2. The van der Waals surface area contributed by atoms with Crippen molar-refractivity contribution in [2.75, 3.05) is 0 Å². The lowest BCUT2D eigenvalue weighted by molar-refractivity contribution is -0.0831. The second-order valence-corrected chi connectivity index (χ2v) is 11.7. The van der Waals surface area contributed by atoms with Crippen molar-refractivity contribution < 1.29 is 66.5 Å². The van der Waals surface area contributed by atoms with Crippen LogP contribution in [0.25, 0.3) is 11.2 Å². The number of unbranched alkanes of at least 4 members (excludes halogenated alkanes) is 1. The van der Waals surface area contributed by atoms with Gasteiger partial charge in [0, 0.05) is 0 Å². The Kier molecular flexibility index (Phi) is 8.51. The van der Waals surface area contributed by atoms with Gasteiger partial charge in [0.1, 0.15) is 24.6 Å². The van der Waals surface area contributed by atoms with Crippen LogP contribution in [-0.2, 0) is 31.6 Å². The largest absolute Gasteiger partial charge is 0.492 e. The molecule has 3 unspecified atom stereocenters. The SMILES string of the molecule is CCCCC(OP(=O)(O)OP(=O)(O)OP(=O)(O)O)[C@H]1O[C@@H](n2cnc3c(O)ncnc32)[C@H](O)[C@@H]1O. The summed E-state index contributed by atoms with van der Waals surface area (Å²) in [7, 11) is -16.9. The normalized spacial score (nSPS) is 27.5. The monoisotopic (exact) mass is 564 g/mol. The second kappa shape index (κ2) is 10.6. The Bertz CT molecular complexity index is 1190. The van der Waals surface area contributed by atoms with Crippen molar-refractivity contribution in [2.24, 2.45) is 0 Å². The van der Waals surface area contributed by atoms with Crippen LogP contribution in [0.15, 0.2) is 12.7 Å². The molecule has 1 aliphatic heterocycles. The zero-order valence-corrected chi connectivity index (χ0v) is 20.5. The molecule has 3 rings (SSSR count). The number of nitrogens with zero attached hydrogens (tertiary/aromatic N) is 4. The van der Waals surface area contributed by atoms with Gasteiger partial charge in [-0.1, -0.05) is 19.8 Å². The summed E-state index contributed by atoms with van der Waals surface area (Å²) in [5, 5.41) is 31.0. The standard InChI is InChI=1S/C14H23N4O14P3/c1-2-3-4-7(30-34(25,26)32-35(27,28)31-33(22,23)24)11-9(19)10(20)14(29-11)18-6-17-8-12(18)15-5-16-13(8)21/h5-7,9-11,14,19-20H,2-4H2,1H3,(H,25,26)(H,27,28)(H,15,16,21)(H2,22,23,24)/t7?,9-,10+,11+,14+/m0/s1. The highest BCUT2D eigenvalue weighted by molar-refractivity contribution is 7.66. The summed E-state index contributed by atoms with van der Waals surface area (Å²) in [5.41, 5.74) is 0.00410. The van der Waals surface area contributed by atoms with Gasteiger partial charge in [-0.3, -0.25) is 9.09 Å². The molecule has 0 amide bonds. The maximum Gasteiger partial charge on any atom is 0.490 e. The number of hydrogen-bond donors (Lipinski definition) is 7.